The van der Waals surface area contributed by atoms with E-state index in [0.29, 0.717) is 19.0 Å². The molecule has 3 heterocycles. The second kappa shape index (κ2) is 11.5. The first-order chi connectivity index (χ1) is 14.7. The van der Waals surface area contributed by atoms with E-state index in [4.69, 9.17) is 15.3 Å². The van der Waals surface area contributed by atoms with Gasteiger partial charge in [0.05, 0.1) is 30.4 Å². The van der Waals surface area contributed by atoms with Gasteiger partial charge in [0.1, 0.15) is 18.2 Å². The lowest BCUT2D eigenvalue weighted by molar-refractivity contribution is 0.160. The van der Waals surface area contributed by atoms with Crippen LogP contribution < -0.4 is 14.8 Å². The van der Waals surface area contributed by atoms with Gasteiger partial charge in [-0.05, 0) is 44.4 Å². The normalized spacial score (nSPS) is 17.0. The molecule has 0 radical (unpaired) electrons. The smallest absolute Gasteiger partial charge is 0.199 e. The Morgan fingerprint density at radius 2 is 2.13 bits per heavy atom. The zero-order valence-corrected chi connectivity index (χ0v) is 18.0. The molecule has 2 N–H and O–H groups in total. The molecule has 0 aliphatic carbocycles. The molecule has 1 aliphatic heterocycles. The Kier molecular flexibility index (Phi) is 8.40. The van der Waals surface area contributed by atoms with E-state index in [1.807, 2.05) is 33.7 Å². The van der Waals surface area contributed by atoms with Crippen LogP contribution in [0, 0.1) is 0 Å². The Hall–Kier alpha value is -2.72. The number of anilines is 2. The number of hydrogen-bond acceptors (Lipinski definition) is 7. The number of aromatic nitrogens is 2. The molecule has 1 saturated heterocycles. The Morgan fingerprint density at radius 3 is 2.90 bits per heavy atom. The molecule has 0 amide bonds. The Morgan fingerprint density at radius 1 is 1.23 bits per heavy atom. The molecule has 0 saturated carbocycles. The molecule has 1 aliphatic rings. The van der Waals surface area contributed by atoms with Crippen molar-refractivity contribution in [3.8, 4) is 5.75 Å². The molecule has 30 heavy (non-hydrogen) atoms. The first kappa shape index (κ1) is 22.0. The third-order valence-electron chi connectivity index (χ3n) is 4.48. The highest BCUT2D eigenvalue weighted by Gasteiger charge is 2.28. The van der Waals surface area contributed by atoms with Crippen LogP contribution in [0.2, 0.25) is 0 Å². The summed E-state index contributed by atoms with van der Waals surface area (Å²) in [5.74, 6) is 1.17. The molecule has 0 spiro atoms. The number of unbranched alkanes of at least 4 members (excludes halogenated alkanes) is 2. The summed E-state index contributed by atoms with van der Waals surface area (Å²) in [5, 5.41) is 3.78. The van der Waals surface area contributed by atoms with Crippen molar-refractivity contribution < 1.29 is 13.8 Å². The Labute approximate surface area is 179 Å². The summed E-state index contributed by atoms with van der Waals surface area (Å²) in [5.41, 5.74) is 7.30. The third kappa shape index (κ3) is 6.39. The highest BCUT2D eigenvalue weighted by atomic mass is 32.2. The maximum absolute atomic E-state index is 12.7. The molecule has 2 aromatic heterocycles. The van der Waals surface area contributed by atoms with Gasteiger partial charge >= 0.3 is 0 Å². The predicted molar refractivity (Wildman–Crippen MR) is 119 cm³/mol. The van der Waals surface area contributed by atoms with Gasteiger partial charge in [0, 0.05) is 31.9 Å². The van der Waals surface area contributed by atoms with Gasteiger partial charge in [-0.2, -0.15) is 0 Å². The lowest BCUT2D eigenvalue weighted by Gasteiger charge is -2.18. The molecule has 0 aromatic carbocycles. The van der Waals surface area contributed by atoms with Crippen molar-refractivity contribution in [2.45, 2.75) is 26.2 Å². The Balaban J connectivity index is 1.31. The summed E-state index contributed by atoms with van der Waals surface area (Å²) in [6.07, 6.45) is 7.79. The van der Waals surface area contributed by atoms with Crippen LogP contribution in [-0.4, -0.2) is 57.5 Å². The van der Waals surface area contributed by atoms with Crippen LogP contribution in [0.15, 0.2) is 41.8 Å². The van der Waals surface area contributed by atoms with Gasteiger partial charge in [-0.15, -0.1) is 0 Å². The van der Waals surface area contributed by atoms with Gasteiger partial charge in [0.25, 0.3) is 0 Å². The molecule has 0 bridgehead atoms. The fourth-order valence-corrected chi connectivity index (χ4v) is 4.31. The first-order valence-corrected chi connectivity index (χ1v) is 11.1. The zero-order chi connectivity index (χ0) is 21.2. The van der Waals surface area contributed by atoms with E-state index >= 15 is 0 Å². The van der Waals surface area contributed by atoms with Gasteiger partial charge < -0.3 is 15.3 Å². The number of pyridine rings is 2. The molecule has 9 nitrogen and oxygen atoms in total. The topological polar surface area (TPSA) is 106 Å². The summed E-state index contributed by atoms with van der Waals surface area (Å²) < 4.78 is 22.3. The average Bonchev–Trinajstić information content (AvgIpc) is 3.12. The fraction of sp³-hybridized carbons (Fsp3) is 0.450. The van der Waals surface area contributed by atoms with E-state index in [-0.39, 0.29) is 0 Å². The summed E-state index contributed by atoms with van der Waals surface area (Å²) in [6, 6.07) is 7.30. The molecule has 10 heteroatoms. The number of hydrogen-bond donors (Lipinski definition) is 1. The van der Waals surface area contributed by atoms with E-state index in [2.05, 4.69) is 15.1 Å². The predicted octanol–water partition coefficient (Wildman–Crippen LogP) is 2.38. The summed E-state index contributed by atoms with van der Waals surface area (Å²) in [6.45, 7) is 5.32. The largest absolute Gasteiger partial charge is 0.492 e. The van der Waals surface area contributed by atoms with Gasteiger partial charge in [-0.1, -0.05) is 5.16 Å². The molecule has 3 rings (SSSR count). The quantitative estimate of drug-likeness (QED) is 0.332. The summed E-state index contributed by atoms with van der Waals surface area (Å²) >= 11 is -1.18. The second-order valence-corrected chi connectivity index (χ2v) is 8.10. The molecule has 1 fully saturated rings. The van der Waals surface area contributed by atoms with Crippen LogP contribution in [0.4, 0.5) is 11.5 Å². The van der Waals surface area contributed by atoms with Crippen LogP contribution in [-0.2, 0) is 16.0 Å². The van der Waals surface area contributed by atoms with Crippen molar-refractivity contribution in [2.24, 2.45) is 5.16 Å². The van der Waals surface area contributed by atoms with Crippen molar-refractivity contribution in [2.75, 3.05) is 42.9 Å². The van der Waals surface area contributed by atoms with Crippen molar-refractivity contribution in [1.29, 1.82) is 0 Å². The Bertz CT molecular complexity index is 849. The zero-order valence-electron chi connectivity index (χ0n) is 17.1. The maximum Gasteiger partial charge on any atom is 0.199 e. The maximum atomic E-state index is 12.7. The number of ether oxygens (including phenoxy) is 1. The molecular formula is C20H28N6O3S. The molecule has 1 unspecified atom stereocenters. The highest BCUT2D eigenvalue weighted by Crippen LogP contribution is 2.23. The van der Waals surface area contributed by atoms with E-state index < -0.39 is 11.2 Å². The van der Waals surface area contributed by atoms with Gasteiger partial charge in [0.2, 0.25) is 0 Å². The van der Waals surface area contributed by atoms with Gasteiger partial charge in [-0.3, -0.25) is 9.29 Å². The average molecular weight is 433 g/mol. The second-order valence-electron chi connectivity index (χ2n) is 6.68. The molecule has 2 aromatic rings. The minimum Gasteiger partial charge on any atom is -0.492 e. The van der Waals surface area contributed by atoms with Gasteiger partial charge in [-0.25, -0.2) is 13.5 Å². The lowest BCUT2D eigenvalue weighted by Crippen LogP contribution is -2.27. The number of nitrogens with two attached hydrogens (primary N) is 1. The van der Waals surface area contributed by atoms with Gasteiger partial charge in [0.15, 0.2) is 11.2 Å². The minimum atomic E-state index is -1.18. The standard InChI is InChI=1S/C20H28N6O3S/c1-2-29-24-15-17-6-7-19(16-23-17)28-13-5-3-4-10-25-11-12-26(30(25)27)18-8-9-22-20(21)14-18/h6-9,14-16H,2-5,10-13H2,1H3,(H2,21,22)/b24-15+. The molecule has 1 atom stereocenters. The van der Waals surface area contributed by atoms with Crippen LogP contribution >= 0.6 is 0 Å². The number of oxime groups is 1. The van der Waals surface area contributed by atoms with Crippen molar-refractivity contribution >= 4 is 28.9 Å². The fourth-order valence-electron chi connectivity index (χ4n) is 2.98. The summed E-state index contributed by atoms with van der Waals surface area (Å²) in [4.78, 5) is 13.2. The van der Waals surface area contributed by atoms with Crippen molar-refractivity contribution in [3.63, 3.8) is 0 Å². The minimum absolute atomic E-state index is 0.437. The van der Waals surface area contributed by atoms with Crippen molar-refractivity contribution in [1.82, 2.24) is 14.3 Å². The number of nitrogens with zero attached hydrogens (tertiary/aromatic N) is 5. The highest BCUT2D eigenvalue weighted by molar-refractivity contribution is 7.84. The van der Waals surface area contributed by atoms with Crippen molar-refractivity contribution in [3.05, 3.63) is 42.4 Å². The first-order valence-electron chi connectivity index (χ1n) is 10.1. The lowest BCUT2D eigenvalue weighted by atomic mass is 10.2. The van der Waals surface area contributed by atoms with Crippen LogP contribution in [0.1, 0.15) is 31.9 Å². The molecular weight excluding hydrogens is 404 g/mol. The number of nitrogen functional groups attached to an aromatic ring is 1. The molecule has 162 valence electrons. The van der Waals surface area contributed by atoms with Crippen LogP contribution in [0.5, 0.6) is 5.75 Å². The van der Waals surface area contributed by atoms with E-state index in [0.717, 1.165) is 56.0 Å². The summed E-state index contributed by atoms with van der Waals surface area (Å²) in [7, 11) is 0. The monoisotopic (exact) mass is 432 g/mol. The number of rotatable bonds is 11. The third-order valence-corrected chi connectivity index (χ3v) is 6.06. The van der Waals surface area contributed by atoms with E-state index in [1.165, 1.54) is 0 Å². The van der Waals surface area contributed by atoms with E-state index in [1.54, 1.807) is 24.7 Å². The van der Waals surface area contributed by atoms with Crippen LogP contribution in [0.25, 0.3) is 0 Å². The van der Waals surface area contributed by atoms with E-state index in [9.17, 15) is 4.21 Å². The SMILES string of the molecule is CCO/N=C/c1ccc(OCCCCCN2CCN(c3ccnc(N)c3)S2=O)cn1. The van der Waals surface area contributed by atoms with Crippen LogP contribution in [0.3, 0.4) is 0 Å².